The smallest absolute Gasteiger partial charge is 0.330 e. The standard InChI is InChI=1S/C12H26NO6P/c1-4-18-20(15,19-5-2)10-6-7-13-12(14)11-17-9-8-16-3/h4-11H2,1-3H3,(H,13,14). The van der Waals surface area contributed by atoms with E-state index in [0.29, 0.717) is 45.6 Å². The quantitative estimate of drug-likeness (QED) is 0.409. The number of rotatable bonds is 13. The van der Waals surface area contributed by atoms with E-state index in [2.05, 4.69) is 5.32 Å². The van der Waals surface area contributed by atoms with Crippen LogP contribution in [0.4, 0.5) is 0 Å². The number of methoxy groups -OCH3 is 1. The van der Waals surface area contributed by atoms with Crippen LogP contribution in [-0.4, -0.2) is 58.8 Å². The highest BCUT2D eigenvalue weighted by atomic mass is 31.2. The van der Waals surface area contributed by atoms with Gasteiger partial charge in [-0.1, -0.05) is 0 Å². The van der Waals surface area contributed by atoms with Gasteiger partial charge in [0.15, 0.2) is 0 Å². The Morgan fingerprint density at radius 2 is 1.80 bits per heavy atom. The van der Waals surface area contributed by atoms with Crippen LogP contribution in [0.2, 0.25) is 0 Å². The lowest BCUT2D eigenvalue weighted by molar-refractivity contribution is -0.126. The molecule has 1 N–H and O–H groups in total. The molecule has 0 aliphatic heterocycles. The minimum Gasteiger partial charge on any atom is -0.382 e. The normalized spacial score (nSPS) is 11.6. The third kappa shape index (κ3) is 10.3. The van der Waals surface area contributed by atoms with Crippen molar-refractivity contribution in [3.05, 3.63) is 0 Å². The monoisotopic (exact) mass is 311 g/mol. The molecule has 20 heavy (non-hydrogen) atoms. The molecule has 0 radical (unpaired) electrons. The number of nitrogens with one attached hydrogen (secondary N) is 1. The predicted octanol–water partition coefficient (Wildman–Crippen LogP) is 1.42. The van der Waals surface area contributed by atoms with Gasteiger partial charge in [-0.05, 0) is 20.3 Å². The van der Waals surface area contributed by atoms with Gasteiger partial charge in [0.25, 0.3) is 0 Å². The molecular weight excluding hydrogens is 285 g/mol. The Morgan fingerprint density at radius 3 is 2.35 bits per heavy atom. The summed E-state index contributed by atoms with van der Waals surface area (Å²) in [6.45, 7) is 5.48. The van der Waals surface area contributed by atoms with Crippen LogP contribution in [0.5, 0.6) is 0 Å². The van der Waals surface area contributed by atoms with Crippen molar-refractivity contribution in [3.63, 3.8) is 0 Å². The van der Waals surface area contributed by atoms with Crippen LogP contribution in [0, 0.1) is 0 Å². The van der Waals surface area contributed by atoms with E-state index in [-0.39, 0.29) is 12.5 Å². The molecule has 0 saturated heterocycles. The molecule has 0 rings (SSSR count). The molecular formula is C12H26NO6P. The number of hydrogen-bond acceptors (Lipinski definition) is 6. The Hall–Kier alpha value is -0.460. The van der Waals surface area contributed by atoms with Crippen molar-refractivity contribution < 1.29 is 27.9 Å². The molecule has 0 aliphatic rings. The maximum Gasteiger partial charge on any atom is 0.330 e. The highest BCUT2D eigenvalue weighted by Crippen LogP contribution is 2.48. The zero-order chi connectivity index (χ0) is 15.3. The summed E-state index contributed by atoms with van der Waals surface area (Å²) in [6.07, 6.45) is 0.820. The van der Waals surface area contributed by atoms with E-state index >= 15 is 0 Å². The van der Waals surface area contributed by atoms with Crippen molar-refractivity contribution in [2.75, 3.05) is 52.9 Å². The van der Waals surface area contributed by atoms with Gasteiger partial charge < -0.3 is 23.8 Å². The minimum absolute atomic E-state index is 0.00204. The zero-order valence-electron chi connectivity index (χ0n) is 12.6. The number of amides is 1. The third-order valence-electron chi connectivity index (χ3n) is 2.25. The molecule has 0 fully saturated rings. The van der Waals surface area contributed by atoms with Crippen molar-refractivity contribution in [3.8, 4) is 0 Å². The lowest BCUT2D eigenvalue weighted by Gasteiger charge is -2.16. The first-order valence-electron chi connectivity index (χ1n) is 6.79. The second-order valence-electron chi connectivity index (χ2n) is 3.92. The van der Waals surface area contributed by atoms with E-state index in [1.54, 1.807) is 21.0 Å². The SMILES string of the molecule is CCOP(=O)(CCCNC(=O)COCCOC)OCC. The van der Waals surface area contributed by atoms with Crippen LogP contribution in [0.1, 0.15) is 20.3 Å². The first kappa shape index (κ1) is 19.5. The van der Waals surface area contributed by atoms with Gasteiger partial charge in [-0.2, -0.15) is 0 Å². The molecule has 0 bridgehead atoms. The van der Waals surface area contributed by atoms with Gasteiger partial charge in [-0.25, -0.2) is 0 Å². The summed E-state index contributed by atoms with van der Waals surface area (Å²) in [7, 11) is -1.44. The summed E-state index contributed by atoms with van der Waals surface area (Å²) in [5, 5.41) is 2.68. The molecule has 120 valence electrons. The van der Waals surface area contributed by atoms with Crippen molar-refractivity contribution in [2.24, 2.45) is 0 Å². The second kappa shape index (κ2) is 12.3. The van der Waals surface area contributed by atoms with Gasteiger partial charge in [0, 0.05) is 13.7 Å². The molecule has 1 amide bonds. The second-order valence-corrected chi connectivity index (χ2v) is 6.10. The van der Waals surface area contributed by atoms with Crippen LogP contribution < -0.4 is 5.32 Å². The fourth-order valence-corrected chi connectivity index (χ4v) is 3.08. The number of carbonyl (C=O) groups is 1. The van der Waals surface area contributed by atoms with Crippen LogP contribution in [0.3, 0.4) is 0 Å². The molecule has 7 nitrogen and oxygen atoms in total. The minimum atomic E-state index is -3.01. The predicted molar refractivity (Wildman–Crippen MR) is 76.0 cm³/mol. The molecule has 0 aromatic heterocycles. The summed E-state index contributed by atoms with van der Waals surface area (Å²) in [5.41, 5.74) is 0. The van der Waals surface area contributed by atoms with Gasteiger partial charge in [0.1, 0.15) is 6.61 Å². The molecule has 0 aliphatic carbocycles. The van der Waals surface area contributed by atoms with E-state index in [1.165, 1.54) is 0 Å². The van der Waals surface area contributed by atoms with Crippen LogP contribution in [0.15, 0.2) is 0 Å². The van der Waals surface area contributed by atoms with Gasteiger partial charge in [0.05, 0.1) is 32.6 Å². The summed E-state index contributed by atoms with van der Waals surface area (Å²) in [6, 6.07) is 0. The van der Waals surface area contributed by atoms with Gasteiger partial charge in [-0.3, -0.25) is 9.36 Å². The van der Waals surface area contributed by atoms with Gasteiger partial charge in [0.2, 0.25) is 5.91 Å². The number of ether oxygens (including phenoxy) is 2. The molecule has 0 spiro atoms. The first-order chi connectivity index (χ1) is 9.58. The average Bonchev–Trinajstić information content (AvgIpc) is 2.40. The molecule has 0 unspecified atom stereocenters. The van der Waals surface area contributed by atoms with Crippen molar-refractivity contribution >= 4 is 13.5 Å². The van der Waals surface area contributed by atoms with Crippen molar-refractivity contribution in [1.29, 1.82) is 0 Å². The highest BCUT2D eigenvalue weighted by molar-refractivity contribution is 7.53. The molecule has 8 heteroatoms. The van der Waals surface area contributed by atoms with Crippen LogP contribution >= 0.6 is 7.60 Å². The van der Waals surface area contributed by atoms with E-state index in [1.807, 2.05) is 0 Å². The van der Waals surface area contributed by atoms with Crippen LogP contribution in [0.25, 0.3) is 0 Å². The Balaban J connectivity index is 3.72. The molecule has 0 heterocycles. The summed E-state index contributed by atoms with van der Waals surface area (Å²) >= 11 is 0. The first-order valence-corrected chi connectivity index (χ1v) is 8.52. The molecule has 0 saturated carbocycles. The Labute approximate surface area is 120 Å². The summed E-state index contributed by atoms with van der Waals surface area (Å²) in [4.78, 5) is 11.4. The topological polar surface area (TPSA) is 83.1 Å². The molecule has 0 atom stereocenters. The fourth-order valence-electron chi connectivity index (χ4n) is 1.42. The van der Waals surface area contributed by atoms with Crippen molar-refractivity contribution in [2.45, 2.75) is 20.3 Å². The zero-order valence-corrected chi connectivity index (χ0v) is 13.4. The lowest BCUT2D eigenvalue weighted by Crippen LogP contribution is -2.29. The Kier molecular flexibility index (Phi) is 12.0. The van der Waals surface area contributed by atoms with Gasteiger partial charge >= 0.3 is 7.60 Å². The van der Waals surface area contributed by atoms with Crippen molar-refractivity contribution in [1.82, 2.24) is 5.32 Å². The molecule has 0 aromatic carbocycles. The molecule has 0 aromatic rings. The maximum atomic E-state index is 12.1. The van der Waals surface area contributed by atoms with E-state index in [9.17, 15) is 9.36 Å². The summed E-state index contributed by atoms with van der Waals surface area (Å²) in [5.74, 6) is -0.205. The Morgan fingerprint density at radius 1 is 1.15 bits per heavy atom. The van der Waals surface area contributed by atoms with Crippen LogP contribution in [-0.2, 0) is 27.9 Å². The van der Waals surface area contributed by atoms with Gasteiger partial charge in [-0.15, -0.1) is 0 Å². The maximum absolute atomic E-state index is 12.1. The van der Waals surface area contributed by atoms with E-state index in [0.717, 1.165) is 0 Å². The lowest BCUT2D eigenvalue weighted by atomic mass is 10.4. The highest BCUT2D eigenvalue weighted by Gasteiger charge is 2.22. The largest absolute Gasteiger partial charge is 0.382 e. The fraction of sp³-hybridized carbons (Fsp3) is 0.917. The number of hydrogen-bond donors (Lipinski definition) is 1. The summed E-state index contributed by atoms with van der Waals surface area (Å²) < 4.78 is 32.3. The third-order valence-corrected chi connectivity index (χ3v) is 4.41. The Bertz CT molecular complexity index is 290. The van der Waals surface area contributed by atoms with E-state index in [4.69, 9.17) is 18.5 Å². The van der Waals surface area contributed by atoms with E-state index < -0.39 is 7.60 Å². The number of carbonyl (C=O) groups excluding carboxylic acids is 1. The average molecular weight is 311 g/mol.